The van der Waals surface area contributed by atoms with Gasteiger partial charge in [0.05, 0.1) is 0 Å². The van der Waals surface area contributed by atoms with Crippen LogP contribution < -0.4 is 5.32 Å². The van der Waals surface area contributed by atoms with Crippen molar-refractivity contribution in [2.45, 2.75) is 108 Å². The highest BCUT2D eigenvalue weighted by molar-refractivity contribution is 5.81. The molecule has 1 amide bonds. The summed E-state index contributed by atoms with van der Waals surface area (Å²) in [4.78, 5) is 22.3. The molecule has 6 N–H and O–H groups in total. The van der Waals surface area contributed by atoms with Crippen LogP contribution in [-0.2, 0) is 9.59 Å². The number of carboxylic acid groups (broad SMARTS) is 1. The van der Waals surface area contributed by atoms with Crippen LogP contribution in [-0.4, -0.2) is 68.4 Å². The Morgan fingerprint density at radius 3 is 1.50 bits per heavy atom. The average Bonchev–Trinajstić information content (AvgIpc) is 2.68. The summed E-state index contributed by atoms with van der Waals surface area (Å²) >= 11 is 0. The molecule has 0 aromatic carbocycles. The zero-order valence-electron chi connectivity index (χ0n) is 17.1. The maximum absolute atomic E-state index is 11.7. The van der Waals surface area contributed by atoms with Crippen molar-refractivity contribution in [3.63, 3.8) is 0 Å². The van der Waals surface area contributed by atoms with Crippen molar-refractivity contribution >= 4 is 11.9 Å². The van der Waals surface area contributed by atoms with Crippen LogP contribution in [0.15, 0.2) is 0 Å². The summed E-state index contributed by atoms with van der Waals surface area (Å²) in [6.45, 7) is 2.53. The van der Waals surface area contributed by atoms with Crippen molar-refractivity contribution in [3.8, 4) is 0 Å². The molecule has 0 heterocycles. The van der Waals surface area contributed by atoms with Gasteiger partial charge in [-0.05, 0) is 6.42 Å². The van der Waals surface area contributed by atoms with E-state index in [1.165, 1.54) is 51.4 Å². The molecular formula is C20H39NO7. The van der Waals surface area contributed by atoms with Crippen molar-refractivity contribution in [1.29, 1.82) is 0 Å². The second kappa shape index (κ2) is 16.7. The molecule has 0 saturated carbocycles. The van der Waals surface area contributed by atoms with Crippen LogP contribution in [0.1, 0.15) is 84.0 Å². The van der Waals surface area contributed by atoms with Crippen LogP contribution >= 0.6 is 0 Å². The smallest absolute Gasteiger partial charge is 0.335 e. The molecule has 0 aliphatic heterocycles. The monoisotopic (exact) mass is 405 g/mol. The summed E-state index contributed by atoms with van der Waals surface area (Å²) in [6, 6.07) is 0. The van der Waals surface area contributed by atoms with Gasteiger partial charge < -0.3 is 30.8 Å². The lowest BCUT2D eigenvalue weighted by Crippen LogP contribution is -2.52. The van der Waals surface area contributed by atoms with E-state index in [0.29, 0.717) is 6.54 Å². The Labute approximate surface area is 168 Å². The highest BCUT2D eigenvalue weighted by atomic mass is 16.4. The number of carbonyl (C=O) groups is 2. The maximum Gasteiger partial charge on any atom is 0.335 e. The summed E-state index contributed by atoms with van der Waals surface area (Å²) in [5.41, 5.74) is 0. The predicted molar refractivity (Wildman–Crippen MR) is 106 cm³/mol. The molecule has 28 heavy (non-hydrogen) atoms. The number of carbonyl (C=O) groups excluding carboxylic acids is 1. The summed E-state index contributed by atoms with van der Waals surface area (Å²) in [6.07, 6.45) is 5.72. The number of aliphatic hydroxyl groups excluding tert-OH is 4. The second-order valence-corrected chi connectivity index (χ2v) is 7.39. The van der Waals surface area contributed by atoms with Crippen LogP contribution in [0.25, 0.3) is 0 Å². The van der Waals surface area contributed by atoms with Crippen LogP contribution in [0.2, 0.25) is 0 Å². The number of amides is 1. The van der Waals surface area contributed by atoms with E-state index in [9.17, 15) is 24.9 Å². The lowest BCUT2D eigenvalue weighted by molar-refractivity contribution is -0.166. The largest absolute Gasteiger partial charge is 0.479 e. The van der Waals surface area contributed by atoms with Crippen LogP contribution in [0, 0.1) is 0 Å². The fraction of sp³-hybridized carbons (Fsp3) is 0.900. The zero-order chi connectivity index (χ0) is 21.4. The minimum atomic E-state index is -2.28. The first-order valence-electron chi connectivity index (χ1n) is 10.6. The Bertz CT molecular complexity index is 419. The van der Waals surface area contributed by atoms with E-state index in [4.69, 9.17) is 10.2 Å². The maximum atomic E-state index is 11.7. The van der Waals surface area contributed by atoms with Crippen LogP contribution in [0.4, 0.5) is 0 Å². The summed E-state index contributed by atoms with van der Waals surface area (Å²) in [7, 11) is 0. The topological polar surface area (TPSA) is 147 Å². The molecular weight excluding hydrogens is 366 g/mol. The Kier molecular flexibility index (Phi) is 16.0. The third-order valence-corrected chi connectivity index (χ3v) is 4.85. The number of hydrogen-bond acceptors (Lipinski definition) is 6. The zero-order valence-corrected chi connectivity index (χ0v) is 17.1. The Morgan fingerprint density at radius 2 is 1.07 bits per heavy atom. The number of nitrogens with one attached hydrogen (secondary N) is 1. The fourth-order valence-corrected chi connectivity index (χ4v) is 2.96. The second-order valence-electron chi connectivity index (χ2n) is 7.39. The van der Waals surface area contributed by atoms with Gasteiger partial charge in [0.1, 0.15) is 12.2 Å². The van der Waals surface area contributed by atoms with Crippen molar-refractivity contribution in [2.75, 3.05) is 6.54 Å². The van der Waals surface area contributed by atoms with Crippen molar-refractivity contribution in [1.82, 2.24) is 5.32 Å². The van der Waals surface area contributed by atoms with E-state index in [1.807, 2.05) is 0 Å². The van der Waals surface area contributed by atoms with Gasteiger partial charge in [-0.2, -0.15) is 0 Å². The lowest BCUT2D eigenvalue weighted by Gasteiger charge is -2.23. The minimum Gasteiger partial charge on any atom is -0.479 e. The van der Waals surface area contributed by atoms with Gasteiger partial charge in [-0.25, -0.2) is 4.79 Å². The number of aliphatic hydroxyl groups is 4. The van der Waals surface area contributed by atoms with Gasteiger partial charge >= 0.3 is 5.97 Å². The van der Waals surface area contributed by atoms with E-state index in [0.717, 1.165) is 25.7 Å². The molecule has 0 radical (unpaired) electrons. The Hall–Kier alpha value is -1.22. The molecule has 0 aliphatic carbocycles. The van der Waals surface area contributed by atoms with Crippen molar-refractivity contribution in [2.24, 2.45) is 0 Å². The van der Waals surface area contributed by atoms with E-state index >= 15 is 0 Å². The number of aliphatic carboxylic acids is 1. The minimum absolute atomic E-state index is 0.317. The standard InChI is InChI=1S/C20H39NO7/c1-2-3-4-5-6-7-8-9-10-11-12-13-14-21-19(26)17(24)15(22)16(23)18(25)20(27)28/h15-18,22-25H,2-14H2,1H3,(H,21,26)(H,27,28)/t15-,16-,17+,18-/m1/s1. The number of unbranched alkanes of at least 4 members (excludes halogenated alkanes) is 11. The highest BCUT2D eigenvalue weighted by Crippen LogP contribution is 2.12. The SMILES string of the molecule is CCCCCCCCCCCCCCNC(=O)[C@@H](O)[C@H](O)[C@@H](O)[C@@H](O)C(=O)O. The van der Waals surface area contributed by atoms with Crippen molar-refractivity contribution < 1.29 is 35.1 Å². The highest BCUT2D eigenvalue weighted by Gasteiger charge is 2.37. The third kappa shape index (κ3) is 12.3. The van der Waals surface area contributed by atoms with Crippen molar-refractivity contribution in [3.05, 3.63) is 0 Å². The molecule has 8 nitrogen and oxygen atoms in total. The molecule has 166 valence electrons. The van der Waals surface area contributed by atoms with Crippen LogP contribution in [0.3, 0.4) is 0 Å². The average molecular weight is 406 g/mol. The first-order chi connectivity index (χ1) is 13.3. The molecule has 0 rings (SSSR count). The lowest BCUT2D eigenvalue weighted by atomic mass is 10.0. The predicted octanol–water partition coefficient (Wildman–Crippen LogP) is 1.33. The number of hydrogen-bond donors (Lipinski definition) is 6. The van der Waals surface area contributed by atoms with Gasteiger partial charge in [0.2, 0.25) is 0 Å². The van der Waals surface area contributed by atoms with Gasteiger partial charge in [0.25, 0.3) is 5.91 Å². The third-order valence-electron chi connectivity index (χ3n) is 4.85. The van der Waals surface area contributed by atoms with Gasteiger partial charge in [-0.15, -0.1) is 0 Å². The van der Waals surface area contributed by atoms with Crippen LogP contribution in [0.5, 0.6) is 0 Å². The summed E-state index contributed by atoms with van der Waals surface area (Å²) < 4.78 is 0. The van der Waals surface area contributed by atoms with Gasteiger partial charge in [-0.3, -0.25) is 4.79 Å². The number of rotatable bonds is 18. The first-order valence-corrected chi connectivity index (χ1v) is 10.6. The molecule has 8 heteroatoms. The van der Waals surface area contributed by atoms with Gasteiger partial charge in [0, 0.05) is 6.54 Å². The molecule has 0 spiro atoms. The van der Waals surface area contributed by atoms with E-state index in [-0.39, 0.29) is 0 Å². The summed E-state index contributed by atoms with van der Waals surface area (Å²) in [5.74, 6) is -2.66. The van der Waals surface area contributed by atoms with Gasteiger partial charge in [-0.1, -0.05) is 77.6 Å². The first kappa shape index (κ1) is 26.8. The Morgan fingerprint density at radius 1 is 0.679 bits per heavy atom. The van der Waals surface area contributed by atoms with E-state index < -0.39 is 36.3 Å². The normalized spacial score (nSPS) is 15.6. The molecule has 0 aromatic rings. The Balaban J connectivity index is 3.67. The molecule has 4 atom stereocenters. The van der Waals surface area contributed by atoms with E-state index in [2.05, 4.69) is 12.2 Å². The quantitative estimate of drug-likeness (QED) is 0.189. The van der Waals surface area contributed by atoms with E-state index in [1.54, 1.807) is 0 Å². The van der Waals surface area contributed by atoms with Gasteiger partial charge in [0.15, 0.2) is 12.2 Å². The molecule has 0 bridgehead atoms. The molecule has 0 fully saturated rings. The summed E-state index contributed by atoms with van der Waals surface area (Å²) in [5, 5.41) is 48.8. The number of carboxylic acids is 1. The molecule has 0 unspecified atom stereocenters. The fourth-order valence-electron chi connectivity index (χ4n) is 2.96. The molecule has 0 saturated heterocycles. The molecule has 0 aliphatic rings. The molecule has 0 aromatic heterocycles.